The lowest BCUT2D eigenvalue weighted by molar-refractivity contribution is -0.137. The third-order valence-corrected chi connectivity index (χ3v) is 5.01. The van der Waals surface area contributed by atoms with Crippen LogP contribution in [0.25, 0.3) is 0 Å². The van der Waals surface area contributed by atoms with Gasteiger partial charge in [-0.25, -0.2) is 0 Å². The zero-order valence-electron chi connectivity index (χ0n) is 15.3. The Balaban J connectivity index is 2.38. The van der Waals surface area contributed by atoms with Gasteiger partial charge >= 0.3 is 6.18 Å². The molecule has 0 unspecified atom stereocenters. The topological polar surface area (TPSA) is 40.6 Å². The standard InChI is InChI=1S/C19H25F3N2O2/c1-4-17(25)24-11-15(16(12-24)18(26)23(5-2)6-3)13-8-7-9-14(10-13)19(20,21)22/h7-10,15-16H,4-6,11-12H2,1-3H3/t15-,16+/m0/s1. The third kappa shape index (κ3) is 4.19. The molecule has 7 heteroatoms. The molecule has 26 heavy (non-hydrogen) atoms. The van der Waals surface area contributed by atoms with E-state index in [9.17, 15) is 22.8 Å². The van der Waals surface area contributed by atoms with E-state index in [1.54, 1.807) is 22.8 Å². The highest BCUT2D eigenvalue weighted by Crippen LogP contribution is 2.37. The maximum absolute atomic E-state index is 13.1. The second-order valence-corrected chi connectivity index (χ2v) is 6.50. The number of nitrogens with zero attached hydrogens (tertiary/aromatic N) is 2. The number of rotatable bonds is 5. The molecule has 1 saturated heterocycles. The van der Waals surface area contributed by atoms with E-state index in [0.29, 0.717) is 25.1 Å². The first-order valence-electron chi connectivity index (χ1n) is 8.96. The highest BCUT2D eigenvalue weighted by atomic mass is 19.4. The van der Waals surface area contributed by atoms with Crippen molar-refractivity contribution in [3.05, 3.63) is 35.4 Å². The number of hydrogen-bond acceptors (Lipinski definition) is 2. The minimum Gasteiger partial charge on any atom is -0.343 e. The van der Waals surface area contributed by atoms with Gasteiger partial charge in [-0.3, -0.25) is 9.59 Å². The molecule has 0 spiro atoms. The lowest BCUT2D eigenvalue weighted by Crippen LogP contribution is -2.39. The fourth-order valence-corrected chi connectivity index (χ4v) is 3.53. The Morgan fingerprint density at radius 3 is 2.35 bits per heavy atom. The predicted molar refractivity (Wildman–Crippen MR) is 92.5 cm³/mol. The smallest absolute Gasteiger partial charge is 0.343 e. The summed E-state index contributed by atoms with van der Waals surface area (Å²) in [7, 11) is 0. The van der Waals surface area contributed by atoms with Gasteiger partial charge in [-0.15, -0.1) is 0 Å². The van der Waals surface area contributed by atoms with E-state index >= 15 is 0 Å². The molecule has 0 saturated carbocycles. The van der Waals surface area contributed by atoms with E-state index in [1.807, 2.05) is 13.8 Å². The van der Waals surface area contributed by atoms with Crippen molar-refractivity contribution in [2.24, 2.45) is 5.92 Å². The Bertz CT molecular complexity index is 656. The van der Waals surface area contributed by atoms with Gasteiger partial charge in [0, 0.05) is 38.5 Å². The van der Waals surface area contributed by atoms with Gasteiger partial charge in [0.05, 0.1) is 11.5 Å². The monoisotopic (exact) mass is 370 g/mol. The summed E-state index contributed by atoms with van der Waals surface area (Å²) in [5.74, 6) is -1.14. The van der Waals surface area contributed by atoms with Crippen LogP contribution in [0.4, 0.5) is 13.2 Å². The Morgan fingerprint density at radius 2 is 1.81 bits per heavy atom. The van der Waals surface area contributed by atoms with Crippen LogP contribution in [0.5, 0.6) is 0 Å². The average Bonchev–Trinajstić information content (AvgIpc) is 3.06. The van der Waals surface area contributed by atoms with Crippen LogP contribution in [0.2, 0.25) is 0 Å². The van der Waals surface area contributed by atoms with Gasteiger partial charge in [-0.05, 0) is 25.5 Å². The predicted octanol–water partition coefficient (Wildman–Crippen LogP) is 3.53. The Labute approximate surface area is 152 Å². The van der Waals surface area contributed by atoms with Crippen LogP contribution in [-0.4, -0.2) is 47.8 Å². The molecule has 144 valence electrons. The van der Waals surface area contributed by atoms with Crippen LogP contribution in [-0.2, 0) is 15.8 Å². The number of likely N-dealkylation sites (tertiary alicyclic amines) is 1. The first-order chi connectivity index (χ1) is 12.2. The van der Waals surface area contributed by atoms with Crippen molar-refractivity contribution in [3.63, 3.8) is 0 Å². The largest absolute Gasteiger partial charge is 0.416 e. The maximum Gasteiger partial charge on any atom is 0.416 e. The van der Waals surface area contributed by atoms with Crippen LogP contribution in [0, 0.1) is 5.92 Å². The molecule has 2 amide bonds. The normalized spacial score (nSPS) is 20.3. The van der Waals surface area contributed by atoms with Crippen molar-refractivity contribution >= 4 is 11.8 Å². The summed E-state index contributed by atoms with van der Waals surface area (Å²) >= 11 is 0. The lowest BCUT2D eigenvalue weighted by Gasteiger charge is -2.26. The first-order valence-corrected chi connectivity index (χ1v) is 8.96. The molecule has 0 N–H and O–H groups in total. The van der Waals surface area contributed by atoms with Gasteiger partial charge in [0.2, 0.25) is 11.8 Å². The molecule has 4 nitrogen and oxygen atoms in total. The van der Waals surface area contributed by atoms with Gasteiger partial charge in [-0.1, -0.05) is 25.1 Å². The third-order valence-electron chi connectivity index (χ3n) is 5.01. The zero-order valence-corrected chi connectivity index (χ0v) is 15.3. The van der Waals surface area contributed by atoms with E-state index in [1.165, 1.54) is 6.07 Å². The van der Waals surface area contributed by atoms with E-state index in [4.69, 9.17) is 0 Å². The van der Waals surface area contributed by atoms with Gasteiger partial charge in [0.1, 0.15) is 0 Å². The van der Waals surface area contributed by atoms with Gasteiger partial charge in [0.25, 0.3) is 0 Å². The summed E-state index contributed by atoms with van der Waals surface area (Å²) in [5.41, 5.74) is -0.277. The van der Waals surface area contributed by atoms with Crippen molar-refractivity contribution in [2.45, 2.75) is 39.3 Å². The first kappa shape index (κ1) is 20.3. The lowest BCUT2D eigenvalue weighted by atomic mass is 9.87. The highest BCUT2D eigenvalue weighted by molar-refractivity contribution is 5.83. The number of carbonyl (C=O) groups is 2. The van der Waals surface area contributed by atoms with Gasteiger partial charge in [-0.2, -0.15) is 13.2 Å². The van der Waals surface area contributed by atoms with Crippen molar-refractivity contribution in [1.29, 1.82) is 0 Å². The molecule has 1 fully saturated rings. The van der Waals surface area contributed by atoms with Crippen LogP contribution < -0.4 is 0 Å². The molecule has 1 heterocycles. The summed E-state index contributed by atoms with van der Waals surface area (Å²) in [5, 5.41) is 0. The second kappa shape index (κ2) is 8.10. The molecule has 1 aliphatic heterocycles. The Kier molecular flexibility index (Phi) is 6.31. The van der Waals surface area contributed by atoms with Crippen molar-refractivity contribution < 1.29 is 22.8 Å². The summed E-state index contributed by atoms with van der Waals surface area (Å²) in [6.07, 6.45) is -4.13. The molecule has 0 bridgehead atoms. The molecule has 0 radical (unpaired) electrons. The van der Waals surface area contributed by atoms with Gasteiger partial charge in [0.15, 0.2) is 0 Å². The number of hydrogen-bond donors (Lipinski definition) is 0. The molecular weight excluding hydrogens is 345 g/mol. The van der Waals surface area contributed by atoms with E-state index in [-0.39, 0.29) is 24.9 Å². The van der Waals surface area contributed by atoms with Crippen LogP contribution >= 0.6 is 0 Å². The molecular formula is C19H25F3N2O2. The number of carbonyl (C=O) groups excluding carboxylic acids is 2. The molecule has 1 aliphatic rings. The van der Waals surface area contributed by atoms with Crippen LogP contribution in [0.1, 0.15) is 44.2 Å². The summed E-state index contributed by atoms with van der Waals surface area (Å²) in [6.45, 7) is 7.05. The number of alkyl halides is 3. The minimum atomic E-state index is -4.44. The van der Waals surface area contributed by atoms with Crippen molar-refractivity contribution in [3.8, 4) is 0 Å². The second-order valence-electron chi connectivity index (χ2n) is 6.50. The van der Waals surface area contributed by atoms with Crippen LogP contribution in [0.15, 0.2) is 24.3 Å². The van der Waals surface area contributed by atoms with Gasteiger partial charge < -0.3 is 9.80 Å². The summed E-state index contributed by atoms with van der Waals surface area (Å²) < 4.78 is 39.2. The number of amides is 2. The quantitative estimate of drug-likeness (QED) is 0.796. The SMILES string of the molecule is CCC(=O)N1C[C@@H](C(=O)N(CC)CC)[C@H](c2cccc(C(F)(F)F)c2)C1. The van der Waals surface area contributed by atoms with Crippen molar-refractivity contribution in [2.75, 3.05) is 26.2 Å². The van der Waals surface area contributed by atoms with E-state index in [0.717, 1.165) is 12.1 Å². The Morgan fingerprint density at radius 1 is 1.15 bits per heavy atom. The molecule has 0 aliphatic carbocycles. The highest BCUT2D eigenvalue weighted by Gasteiger charge is 2.42. The number of halogens is 3. The molecule has 1 aromatic rings. The number of benzene rings is 1. The molecule has 0 aromatic heterocycles. The fourth-order valence-electron chi connectivity index (χ4n) is 3.53. The maximum atomic E-state index is 13.1. The van der Waals surface area contributed by atoms with Crippen LogP contribution in [0.3, 0.4) is 0 Å². The fraction of sp³-hybridized carbons (Fsp3) is 0.579. The van der Waals surface area contributed by atoms with Crippen molar-refractivity contribution in [1.82, 2.24) is 9.80 Å². The minimum absolute atomic E-state index is 0.0863. The molecule has 2 rings (SSSR count). The molecule has 2 atom stereocenters. The van der Waals surface area contributed by atoms with E-state index in [2.05, 4.69) is 0 Å². The van der Waals surface area contributed by atoms with E-state index < -0.39 is 23.6 Å². The zero-order chi connectivity index (χ0) is 19.5. The average molecular weight is 370 g/mol. The summed E-state index contributed by atoms with van der Waals surface area (Å²) in [6, 6.07) is 5.10. The Hall–Kier alpha value is -2.05. The summed E-state index contributed by atoms with van der Waals surface area (Å²) in [4.78, 5) is 28.3. The molecule has 1 aromatic carbocycles.